The van der Waals surface area contributed by atoms with Gasteiger partial charge in [0.2, 0.25) is 0 Å². The summed E-state index contributed by atoms with van der Waals surface area (Å²) < 4.78 is 31.5. The molecule has 0 amide bonds. The monoisotopic (exact) mass is 412 g/mol. The summed E-state index contributed by atoms with van der Waals surface area (Å²) in [6.07, 6.45) is 2.75. The molecular formula is C18H21FN2O4S2. The predicted octanol–water partition coefficient (Wildman–Crippen LogP) is 2.75. The highest BCUT2D eigenvalue weighted by atomic mass is 32.2. The van der Waals surface area contributed by atoms with Crippen LogP contribution in [0.5, 0.6) is 0 Å². The average Bonchev–Trinajstić information content (AvgIpc) is 2.54. The largest absolute Gasteiger partial charge is 0.459 e. The van der Waals surface area contributed by atoms with E-state index >= 15 is 0 Å². The van der Waals surface area contributed by atoms with Crippen LogP contribution in [0.3, 0.4) is 0 Å². The van der Waals surface area contributed by atoms with Crippen LogP contribution in [0.25, 0.3) is 0 Å². The fourth-order valence-electron chi connectivity index (χ4n) is 2.13. The molecule has 0 spiro atoms. The zero-order chi connectivity index (χ0) is 20.2. The number of aromatic nitrogens is 2. The molecule has 0 saturated heterocycles. The van der Waals surface area contributed by atoms with Gasteiger partial charge in [-0.3, -0.25) is 13.8 Å². The summed E-state index contributed by atoms with van der Waals surface area (Å²) in [6, 6.07) is 5.96. The maximum atomic E-state index is 13.0. The van der Waals surface area contributed by atoms with Crippen LogP contribution in [0.1, 0.15) is 26.3 Å². The third kappa shape index (κ3) is 6.59. The SMILES string of the molecule is CS(=O)c1cn(CC(=O)OC(C)(C)C)c(SCc2ccc(F)cc2)nc1=O. The van der Waals surface area contributed by atoms with Gasteiger partial charge in [0.1, 0.15) is 22.9 Å². The molecule has 2 aromatic rings. The van der Waals surface area contributed by atoms with Crippen molar-refractivity contribution >= 4 is 28.5 Å². The first-order chi connectivity index (χ1) is 12.5. The minimum absolute atomic E-state index is 0.0182. The summed E-state index contributed by atoms with van der Waals surface area (Å²) in [6.45, 7) is 5.10. The lowest BCUT2D eigenvalue weighted by Gasteiger charge is -2.20. The van der Waals surface area contributed by atoms with Crippen molar-refractivity contribution < 1.29 is 18.1 Å². The summed E-state index contributed by atoms with van der Waals surface area (Å²) in [5.74, 6) is -0.404. The molecule has 27 heavy (non-hydrogen) atoms. The van der Waals surface area contributed by atoms with Crippen LogP contribution in [-0.4, -0.2) is 31.6 Å². The van der Waals surface area contributed by atoms with E-state index < -0.39 is 27.9 Å². The molecule has 0 aliphatic heterocycles. The Morgan fingerprint density at radius 3 is 2.48 bits per heavy atom. The minimum atomic E-state index is -1.53. The summed E-state index contributed by atoms with van der Waals surface area (Å²) in [5.41, 5.74) is -0.415. The first-order valence-corrected chi connectivity index (χ1v) is 10.6. The second-order valence-electron chi connectivity index (χ2n) is 6.78. The molecule has 0 N–H and O–H groups in total. The molecule has 1 aromatic heterocycles. The molecule has 6 nitrogen and oxygen atoms in total. The summed E-state index contributed by atoms with van der Waals surface area (Å²) in [7, 11) is -1.53. The normalized spacial score (nSPS) is 12.6. The Hall–Kier alpha value is -2.00. The topological polar surface area (TPSA) is 78.3 Å². The molecular weight excluding hydrogens is 391 g/mol. The van der Waals surface area contributed by atoms with Crippen LogP contribution in [0.2, 0.25) is 0 Å². The maximum absolute atomic E-state index is 13.0. The summed E-state index contributed by atoms with van der Waals surface area (Å²) in [5, 5.41) is 0.296. The van der Waals surface area contributed by atoms with Crippen molar-refractivity contribution in [2.45, 2.75) is 48.7 Å². The van der Waals surface area contributed by atoms with E-state index in [-0.39, 0.29) is 17.3 Å². The highest BCUT2D eigenvalue weighted by molar-refractivity contribution is 7.98. The number of thioether (sulfide) groups is 1. The van der Waals surface area contributed by atoms with Gasteiger partial charge in [-0.05, 0) is 38.5 Å². The van der Waals surface area contributed by atoms with Crippen molar-refractivity contribution in [3.8, 4) is 0 Å². The lowest BCUT2D eigenvalue weighted by atomic mass is 10.2. The smallest absolute Gasteiger partial charge is 0.326 e. The summed E-state index contributed by atoms with van der Waals surface area (Å²) in [4.78, 5) is 28.3. The van der Waals surface area contributed by atoms with Crippen molar-refractivity contribution in [3.63, 3.8) is 0 Å². The molecule has 1 unspecified atom stereocenters. The Morgan fingerprint density at radius 2 is 1.93 bits per heavy atom. The van der Waals surface area contributed by atoms with E-state index in [9.17, 15) is 18.2 Å². The van der Waals surface area contributed by atoms with Crippen LogP contribution in [0, 0.1) is 5.82 Å². The number of hydrogen-bond donors (Lipinski definition) is 0. The highest BCUT2D eigenvalue weighted by Crippen LogP contribution is 2.21. The van der Waals surface area contributed by atoms with E-state index in [2.05, 4.69) is 4.98 Å². The quantitative estimate of drug-likeness (QED) is 0.412. The minimum Gasteiger partial charge on any atom is -0.459 e. The molecule has 2 rings (SSSR count). The van der Waals surface area contributed by atoms with Gasteiger partial charge in [0.15, 0.2) is 5.16 Å². The van der Waals surface area contributed by atoms with Gasteiger partial charge in [0.05, 0.1) is 10.8 Å². The number of carbonyl (C=O) groups is 1. The number of nitrogens with zero attached hydrogens (tertiary/aromatic N) is 2. The molecule has 0 saturated carbocycles. The second-order valence-corrected chi connectivity index (χ2v) is 9.07. The molecule has 0 bridgehead atoms. The van der Waals surface area contributed by atoms with Crippen molar-refractivity contribution in [2.24, 2.45) is 0 Å². The lowest BCUT2D eigenvalue weighted by Crippen LogP contribution is -2.28. The van der Waals surface area contributed by atoms with E-state index in [1.807, 2.05) is 0 Å². The zero-order valence-corrected chi connectivity index (χ0v) is 17.2. The van der Waals surface area contributed by atoms with Gasteiger partial charge in [0.25, 0.3) is 5.56 Å². The van der Waals surface area contributed by atoms with Crippen LogP contribution < -0.4 is 5.56 Å². The molecule has 0 aliphatic carbocycles. The maximum Gasteiger partial charge on any atom is 0.326 e. The number of ether oxygens (including phenoxy) is 1. The van der Waals surface area contributed by atoms with Crippen molar-refractivity contribution in [1.29, 1.82) is 0 Å². The molecule has 0 fully saturated rings. The third-order valence-electron chi connectivity index (χ3n) is 3.24. The number of hydrogen-bond acceptors (Lipinski definition) is 6. The number of rotatable bonds is 6. The first-order valence-electron chi connectivity index (χ1n) is 8.09. The van der Waals surface area contributed by atoms with Crippen LogP contribution in [0.4, 0.5) is 4.39 Å². The van der Waals surface area contributed by atoms with Crippen molar-refractivity contribution in [3.05, 3.63) is 52.2 Å². The number of halogens is 1. The average molecular weight is 413 g/mol. The Balaban J connectivity index is 2.29. The van der Waals surface area contributed by atoms with Crippen LogP contribution in [-0.2, 0) is 32.6 Å². The van der Waals surface area contributed by atoms with Gasteiger partial charge in [0, 0.05) is 18.2 Å². The van der Waals surface area contributed by atoms with Gasteiger partial charge < -0.3 is 9.30 Å². The fraction of sp³-hybridized carbons (Fsp3) is 0.389. The van der Waals surface area contributed by atoms with E-state index in [1.54, 1.807) is 32.9 Å². The van der Waals surface area contributed by atoms with Crippen molar-refractivity contribution in [2.75, 3.05) is 6.26 Å². The highest BCUT2D eigenvalue weighted by Gasteiger charge is 2.19. The number of benzene rings is 1. The molecule has 0 radical (unpaired) electrons. The Labute approximate surface area is 163 Å². The molecule has 1 aromatic carbocycles. The van der Waals surface area contributed by atoms with Gasteiger partial charge in [-0.2, -0.15) is 4.98 Å². The van der Waals surface area contributed by atoms with E-state index in [1.165, 1.54) is 40.9 Å². The molecule has 9 heteroatoms. The Bertz CT molecular complexity index is 905. The fourth-order valence-corrected chi connectivity index (χ4v) is 3.61. The Kier molecular flexibility index (Phi) is 6.94. The number of esters is 1. The van der Waals surface area contributed by atoms with Gasteiger partial charge in [-0.1, -0.05) is 23.9 Å². The van der Waals surface area contributed by atoms with E-state index in [0.717, 1.165) is 5.56 Å². The van der Waals surface area contributed by atoms with Crippen LogP contribution in [0.15, 0.2) is 45.3 Å². The van der Waals surface area contributed by atoms with Gasteiger partial charge in [-0.15, -0.1) is 0 Å². The van der Waals surface area contributed by atoms with Gasteiger partial charge in [-0.25, -0.2) is 4.39 Å². The van der Waals surface area contributed by atoms with E-state index in [0.29, 0.717) is 10.9 Å². The molecule has 0 aliphatic rings. The first kappa shape index (κ1) is 21.3. The lowest BCUT2D eigenvalue weighted by molar-refractivity contribution is -0.155. The Morgan fingerprint density at radius 1 is 1.30 bits per heavy atom. The van der Waals surface area contributed by atoms with E-state index in [4.69, 9.17) is 4.74 Å². The zero-order valence-electron chi connectivity index (χ0n) is 15.5. The van der Waals surface area contributed by atoms with Crippen molar-refractivity contribution in [1.82, 2.24) is 9.55 Å². The molecule has 1 atom stereocenters. The van der Waals surface area contributed by atoms with Crippen LogP contribution >= 0.6 is 11.8 Å². The predicted molar refractivity (Wildman–Crippen MR) is 103 cm³/mol. The molecule has 146 valence electrons. The number of carbonyl (C=O) groups excluding carboxylic acids is 1. The molecule has 1 heterocycles. The standard InChI is InChI=1S/C18H21FN2O4S2/c1-18(2,3)25-15(22)10-21-9-14(27(4)24)16(23)20-17(21)26-11-12-5-7-13(19)8-6-12/h5-9H,10-11H2,1-4H3. The van der Waals surface area contributed by atoms with Gasteiger partial charge >= 0.3 is 5.97 Å². The second kappa shape index (κ2) is 8.79. The summed E-state index contributed by atoms with van der Waals surface area (Å²) >= 11 is 1.22. The third-order valence-corrected chi connectivity index (χ3v) is 5.20.